The molecule has 0 heterocycles. The number of aliphatic hydroxyl groups excluding tert-OH is 2. The summed E-state index contributed by atoms with van der Waals surface area (Å²) in [6, 6.07) is 16.5. The molecule has 0 aliphatic rings. The van der Waals surface area contributed by atoms with Crippen LogP contribution in [-0.2, 0) is 9.47 Å². The van der Waals surface area contributed by atoms with Crippen LogP contribution in [0.5, 0.6) is 0 Å². The lowest BCUT2D eigenvalue weighted by Crippen LogP contribution is -2.43. The first kappa shape index (κ1) is 18.6. The summed E-state index contributed by atoms with van der Waals surface area (Å²) in [4.78, 5) is 24.3. The number of carbonyl (C=O) groups is 2. The van der Waals surface area contributed by atoms with E-state index in [4.69, 9.17) is 9.47 Å². The summed E-state index contributed by atoms with van der Waals surface area (Å²) in [6.07, 6.45) is -3.54. The fourth-order valence-electron chi connectivity index (χ4n) is 2.24. The molecule has 132 valence electrons. The van der Waals surface area contributed by atoms with E-state index in [0.717, 1.165) is 0 Å². The third-order valence-electron chi connectivity index (χ3n) is 3.58. The van der Waals surface area contributed by atoms with Crippen molar-refractivity contribution in [3.8, 4) is 0 Å². The number of ether oxygens (including phenoxy) is 2. The van der Waals surface area contributed by atoms with Crippen molar-refractivity contribution in [1.82, 2.24) is 0 Å². The standard InChI is InChI=1S/C19H20O6/c1-13(24-18(22)14-8-4-2-5-9-14)17(16(21)12-20)25-19(23)15-10-6-3-7-11-15/h2-11,13,16-17,20-21H,12H2,1H3/t13-,16?,17+/m1/s1. The number of esters is 2. The molecule has 6 heteroatoms. The molecule has 25 heavy (non-hydrogen) atoms. The minimum atomic E-state index is -1.38. The highest BCUT2D eigenvalue weighted by molar-refractivity contribution is 5.90. The van der Waals surface area contributed by atoms with Crippen molar-refractivity contribution in [2.45, 2.75) is 25.2 Å². The maximum Gasteiger partial charge on any atom is 0.338 e. The van der Waals surface area contributed by atoms with Crippen molar-refractivity contribution in [2.24, 2.45) is 0 Å². The molecule has 6 nitrogen and oxygen atoms in total. The van der Waals surface area contributed by atoms with Gasteiger partial charge in [0.25, 0.3) is 0 Å². The molecule has 2 N–H and O–H groups in total. The first-order chi connectivity index (χ1) is 12.0. The molecule has 0 aliphatic carbocycles. The fourth-order valence-corrected chi connectivity index (χ4v) is 2.24. The van der Waals surface area contributed by atoms with Gasteiger partial charge in [-0.05, 0) is 31.2 Å². The number of hydrogen-bond donors (Lipinski definition) is 2. The first-order valence-corrected chi connectivity index (χ1v) is 7.84. The van der Waals surface area contributed by atoms with E-state index in [1.165, 1.54) is 6.92 Å². The minimum Gasteiger partial charge on any atom is -0.455 e. The van der Waals surface area contributed by atoms with Crippen LogP contribution >= 0.6 is 0 Å². The Morgan fingerprint density at radius 2 is 1.32 bits per heavy atom. The van der Waals surface area contributed by atoms with Crippen LogP contribution in [0, 0.1) is 0 Å². The molecule has 2 aromatic carbocycles. The van der Waals surface area contributed by atoms with Gasteiger partial charge in [0.2, 0.25) is 0 Å². The van der Waals surface area contributed by atoms with Crippen LogP contribution in [0.15, 0.2) is 60.7 Å². The zero-order chi connectivity index (χ0) is 18.2. The molecule has 0 bridgehead atoms. The Balaban J connectivity index is 2.08. The lowest BCUT2D eigenvalue weighted by Gasteiger charge is -2.27. The van der Waals surface area contributed by atoms with Crippen LogP contribution in [0.25, 0.3) is 0 Å². The Morgan fingerprint density at radius 1 is 0.880 bits per heavy atom. The summed E-state index contributed by atoms with van der Waals surface area (Å²) in [5.74, 6) is -1.29. The molecule has 0 saturated heterocycles. The zero-order valence-electron chi connectivity index (χ0n) is 13.7. The largest absolute Gasteiger partial charge is 0.455 e. The maximum atomic E-state index is 12.2. The highest BCUT2D eigenvalue weighted by Crippen LogP contribution is 2.15. The van der Waals surface area contributed by atoms with Crippen molar-refractivity contribution in [2.75, 3.05) is 6.61 Å². The Bertz CT molecular complexity index is 686. The van der Waals surface area contributed by atoms with Gasteiger partial charge in [-0.1, -0.05) is 36.4 Å². The van der Waals surface area contributed by atoms with Gasteiger partial charge < -0.3 is 19.7 Å². The second kappa shape index (κ2) is 8.96. The molecule has 0 aliphatic heterocycles. The molecular formula is C19H20O6. The third kappa shape index (κ3) is 5.14. The van der Waals surface area contributed by atoms with Gasteiger partial charge in [0.05, 0.1) is 17.7 Å². The second-order valence-electron chi connectivity index (χ2n) is 5.46. The first-order valence-electron chi connectivity index (χ1n) is 7.84. The number of hydrogen-bond acceptors (Lipinski definition) is 6. The van der Waals surface area contributed by atoms with E-state index < -0.39 is 36.9 Å². The highest BCUT2D eigenvalue weighted by atomic mass is 16.6. The van der Waals surface area contributed by atoms with E-state index in [1.54, 1.807) is 60.7 Å². The normalized spacial score (nSPS) is 14.2. The molecule has 0 amide bonds. The molecule has 0 radical (unpaired) electrons. The molecule has 0 fully saturated rings. The van der Waals surface area contributed by atoms with Gasteiger partial charge in [-0.3, -0.25) is 0 Å². The van der Waals surface area contributed by atoms with Crippen molar-refractivity contribution in [3.63, 3.8) is 0 Å². The number of rotatable bonds is 7. The summed E-state index contributed by atoms with van der Waals surface area (Å²) >= 11 is 0. The summed E-state index contributed by atoms with van der Waals surface area (Å²) < 4.78 is 10.5. The molecule has 2 aromatic rings. The van der Waals surface area contributed by atoms with Gasteiger partial charge in [0.1, 0.15) is 12.2 Å². The van der Waals surface area contributed by atoms with Crippen LogP contribution in [0.3, 0.4) is 0 Å². The van der Waals surface area contributed by atoms with E-state index in [0.29, 0.717) is 11.1 Å². The van der Waals surface area contributed by atoms with E-state index in [1.807, 2.05) is 0 Å². The molecule has 2 rings (SSSR count). The van der Waals surface area contributed by atoms with Gasteiger partial charge in [-0.25, -0.2) is 9.59 Å². The molecule has 0 saturated carbocycles. The number of benzene rings is 2. The number of aliphatic hydroxyl groups is 2. The molecular weight excluding hydrogens is 324 g/mol. The van der Waals surface area contributed by atoms with E-state index in [-0.39, 0.29) is 0 Å². The Labute approximate surface area is 145 Å². The van der Waals surface area contributed by atoms with Crippen LogP contribution < -0.4 is 0 Å². The monoisotopic (exact) mass is 344 g/mol. The Morgan fingerprint density at radius 3 is 1.76 bits per heavy atom. The van der Waals surface area contributed by atoms with Crippen molar-refractivity contribution < 1.29 is 29.3 Å². The molecule has 0 aromatic heterocycles. The quantitative estimate of drug-likeness (QED) is 0.744. The van der Waals surface area contributed by atoms with E-state index >= 15 is 0 Å². The SMILES string of the molecule is C[C@@H](OC(=O)c1ccccc1)[C@H](OC(=O)c1ccccc1)C(O)CO. The predicted octanol–water partition coefficient (Wildman–Crippen LogP) is 1.81. The topological polar surface area (TPSA) is 93.1 Å². The number of carbonyl (C=O) groups excluding carboxylic acids is 2. The van der Waals surface area contributed by atoms with Gasteiger partial charge in [-0.2, -0.15) is 0 Å². The van der Waals surface area contributed by atoms with Crippen LogP contribution in [0.4, 0.5) is 0 Å². The lowest BCUT2D eigenvalue weighted by molar-refractivity contribution is -0.0883. The van der Waals surface area contributed by atoms with Crippen LogP contribution in [0.1, 0.15) is 27.6 Å². The maximum absolute atomic E-state index is 12.2. The minimum absolute atomic E-state index is 0.291. The van der Waals surface area contributed by atoms with Gasteiger partial charge in [0, 0.05) is 0 Å². The van der Waals surface area contributed by atoms with E-state index in [9.17, 15) is 19.8 Å². The second-order valence-corrected chi connectivity index (χ2v) is 5.46. The summed E-state index contributed by atoms with van der Waals surface area (Å²) in [5, 5.41) is 19.2. The van der Waals surface area contributed by atoms with Gasteiger partial charge >= 0.3 is 11.9 Å². The Hall–Kier alpha value is -2.70. The van der Waals surface area contributed by atoms with Crippen molar-refractivity contribution in [1.29, 1.82) is 0 Å². The average Bonchev–Trinajstić information content (AvgIpc) is 2.66. The molecule has 0 spiro atoms. The molecule has 1 unspecified atom stereocenters. The Kier molecular flexibility index (Phi) is 6.68. The van der Waals surface area contributed by atoms with Gasteiger partial charge in [0.15, 0.2) is 6.10 Å². The van der Waals surface area contributed by atoms with Crippen molar-refractivity contribution >= 4 is 11.9 Å². The predicted molar refractivity (Wildman–Crippen MR) is 90.1 cm³/mol. The smallest absolute Gasteiger partial charge is 0.338 e. The van der Waals surface area contributed by atoms with E-state index in [2.05, 4.69) is 0 Å². The lowest BCUT2D eigenvalue weighted by atomic mass is 10.1. The van der Waals surface area contributed by atoms with Crippen LogP contribution in [-0.4, -0.2) is 47.1 Å². The fraction of sp³-hybridized carbons (Fsp3) is 0.263. The average molecular weight is 344 g/mol. The molecule has 3 atom stereocenters. The summed E-state index contributed by atoms with van der Waals surface area (Å²) in [7, 11) is 0. The zero-order valence-corrected chi connectivity index (χ0v) is 13.7. The van der Waals surface area contributed by atoms with Gasteiger partial charge in [-0.15, -0.1) is 0 Å². The summed E-state index contributed by atoms with van der Waals surface area (Å²) in [6.45, 7) is 0.850. The summed E-state index contributed by atoms with van der Waals surface area (Å²) in [5.41, 5.74) is 0.625. The van der Waals surface area contributed by atoms with Crippen molar-refractivity contribution in [3.05, 3.63) is 71.8 Å². The van der Waals surface area contributed by atoms with Crippen LogP contribution in [0.2, 0.25) is 0 Å². The third-order valence-corrected chi connectivity index (χ3v) is 3.58. The highest BCUT2D eigenvalue weighted by Gasteiger charge is 2.32.